The second-order valence-corrected chi connectivity index (χ2v) is 11.0. The van der Waals surface area contributed by atoms with Crippen molar-refractivity contribution in [3.05, 3.63) is 112 Å². The lowest BCUT2D eigenvalue weighted by atomic mass is 9.69. The van der Waals surface area contributed by atoms with E-state index in [4.69, 9.17) is 0 Å². The van der Waals surface area contributed by atoms with Crippen LogP contribution in [0.3, 0.4) is 0 Å². The molecule has 2 unspecified atom stereocenters. The molecule has 188 valence electrons. The van der Waals surface area contributed by atoms with Gasteiger partial charge in [0.05, 0.1) is 0 Å². The summed E-state index contributed by atoms with van der Waals surface area (Å²) < 4.78 is 0. The molecule has 5 rings (SSSR count). The van der Waals surface area contributed by atoms with Crippen LogP contribution in [0.4, 0.5) is 0 Å². The molecule has 3 aromatic rings. The molecule has 1 aliphatic carbocycles. The fourth-order valence-corrected chi connectivity index (χ4v) is 6.11. The molecule has 2 heterocycles. The van der Waals surface area contributed by atoms with E-state index in [9.17, 15) is 10.2 Å². The predicted octanol–water partition coefficient (Wildman–Crippen LogP) is 5.99. The largest absolute Gasteiger partial charge is 0.493 e. The predicted molar refractivity (Wildman–Crippen MR) is 154 cm³/mol. The summed E-state index contributed by atoms with van der Waals surface area (Å²) in [6, 6.07) is 20.0. The first-order chi connectivity index (χ1) is 18.0. The summed E-state index contributed by atoms with van der Waals surface area (Å²) in [5.41, 5.74) is 11.4. The van der Waals surface area contributed by atoms with Crippen LogP contribution in [0, 0.1) is 0 Å². The van der Waals surface area contributed by atoms with Crippen LogP contribution in [0.2, 0.25) is 0 Å². The number of pyridine rings is 1. The number of rotatable bonds is 8. The number of aromatic hydroxyl groups is 1. The summed E-state index contributed by atoms with van der Waals surface area (Å²) in [6.07, 6.45) is 7.29. The van der Waals surface area contributed by atoms with Crippen molar-refractivity contribution >= 4 is 29.0 Å². The Kier molecular flexibility index (Phi) is 7.53. The lowest BCUT2D eigenvalue weighted by molar-refractivity contribution is 0.0659. The molecule has 2 atom stereocenters. The molecular weight excluding hydrogens is 476 g/mol. The van der Waals surface area contributed by atoms with Gasteiger partial charge in [0.15, 0.2) is 0 Å². The molecule has 0 bridgehead atoms. The molecule has 0 saturated heterocycles. The maximum Gasteiger partial charge on any atom is 0.214 e. The van der Waals surface area contributed by atoms with Crippen molar-refractivity contribution < 1.29 is 10.2 Å². The number of allylic oxidation sites excluding steroid dienone is 1. The van der Waals surface area contributed by atoms with Crippen molar-refractivity contribution in [3.63, 3.8) is 0 Å². The van der Waals surface area contributed by atoms with Gasteiger partial charge in [-0.1, -0.05) is 72.1 Å². The summed E-state index contributed by atoms with van der Waals surface area (Å²) in [4.78, 5) is 6.50. The maximum absolute atomic E-state index is 12.9. The highest BCUT2D eigenvalue weighted by atomic mass is 32.2. The molecule has 1 aliphatic heterocycles. The minimum absolute atomic E-state index is 0.0594. The van der Waals surface area contributed by atoms with Gasteiger partial charge in [0, 0.05) is 35.5 Å². The summed E-state index contributed by atoms with van der Waals surface area (Å²) in [7, 11) is 4.01. The fraction of sp³-hybridized carbons (Fsp3) is 0.281. The SMILES string of the molecule is CN(C)CCC(O)(C1=C=C=Cc2ccccc21)C(c1ccccc1)c1cc(C2=CCSCC2)cnc1O. The van der Waals surface area contributed by atoms with Crippen molar-refractivity contribution in [2.24, 2.45) is 0 Å². The third-order valence-electron chi connectivity index (χ3n) is 7.18. The smallest absolute Gasteiger partial charge is 0.214 e. The minimum atomic E-state index is -1.39. The summed E-state index contributed by atoms with van der Waals surface area (Å²) in [6.45, 7) is 0.646. The third kappa shape index (κ3) is 5.24. The zero-order chi connectivity index (χ0) is 25.8. The Balaban J connectivity index is 1.74. The van der Waals surface area contributed by atoms with Crippen LogP contribution in [-0.4, -0.2) is 57.8 Å². The Morgan fingerprint density at radius 3 is 2.65 bits per heavy atom. The van der Waals surface area contributed by atoms with Gasteiger partial charge in [-0.3, -0.25) is 0 Å². The Bertz CT molecular complexity index is 1420. The normalized spacial score (nSPS) is 17.1. The van der Waals surface area contributed by atoms with Crippen molar-refractivity contribution in [3.8, 4) is 5.88 Å². The van der Waals surface area contributed by atoms with E-state index in [1.807, 2.05) is 92.6 Å². The lowest BCUT2D eigenvalue weighted by Gasteiger charge is -2.40. The van der Waals surface area contributed by atoms with Crippen LogP contribution in [0.5, 0.6) is 5.88 Å². The number of hydrogen-bond acceptors (Lipinski definition) is 5. The van der Waals surface area contributed by atoms with Gasteiger partial charge >= 0.3 is 0 Å². The average Bonchev–Trinajstić information content (AvgIpc) is 2.94. The van der Waals surface area contributed by atoms with Gasteiger partial charge in [-0.15, -0.1) is 0 Å². The quantitative estimate of drug-likeness (QED) is 0.366. The summed E-state index contributed by atoms with van der Waals surface area (Å²) in [5.74, 6) is 1.41. The van der Waals surface area contributed by atoms with Crippen LogP contribution in [0.1, 0.15) is 46.6 Å². The molecular formula is C32H32N2O2S. The molecule has 0 amide bonds. The van der Waals surface area contributed by atoms with Crippen LogP contribution in [-0.2, 0) is 0 Å². The van der Waals surface area contributed by atoms with Gasteiger partial charge in [-0.05, 0) is 72.7 Å². The highest BCUT2D eigenvalue weighted by Crippen LogP contribution is 2.48. The molecule has 1 aromatic heterocycles. The zero-order valence-corrected chi connectivity index (χ0v) is 22.1. The van der Waals surface area contributed by atoms with Gasteiger partial charge < -0.3 is 15.1 Å². The molecule has 0 saturated carbocycles. The summed E-state index contributed by atoms with van der Waals surface area (Å²) in [5, 5.41) is 24.1. The molecule has 2 aliphatic rings. The van der Waals surface area contributed by atoms with E-state index in [0.717, 1.165) is 40.2 Å². The van der Waals surface area contributed by atoms with E-state index in [-0.39, 0.29) is 5.88 Å². The number of hydrogen-bond donors (Lipinski definition) is 2. The van der Waals surface area contributed by atoms with E-state index in [1.54, 1.807) is 6.20 Å². The van der Waals surface area contributed by atoms with Crippen molar-refractivity contribution in [1.82, 2.24) is 9.88 Å². The summed E-state index contributed by atoms with van der Waals surface area (Å²) >= 11 is 1.92. The molecule has 4 nitrogen and oxygen atoms in total. The van der Waals surface area contributed by atoms with Crippen LogP contribution >= 0.6 is 11.8 Å². The van der Waals surface area contributed by atoms with E-state index in [2.05, 4.69) is 27.4 Å². The Hall–Kier alpha value is -3.30. The van der Waals surface area contributed by atoms with Gasteiger partial charge in [0.1, 0.15) is 5.60 Å². The number of aromatic nitrogens is 1. The Morgan fingerprint density at radius 1 is 1.11 bits per heavy atom. The third-order valence-corrected chi connectivity index (χ3v) is 8.07. The van der Waals surface area contributed by atoms with E-state index in [1.165, 1.54) is 5.57 Å². The van der Waals surface area contributed by atoms with Crippen LogP contribution in [0.15, 0.2) is 84.4 Å². The second kappa shape index (κ2) is 11.0. The number of thioether (sulfide) groups is 1. The zero-order valence-electron chi connectivity index (χ0n) is 21.3. The second-order valence-electron chi connectivity index (χ2n) is 9.89. The van der Waals surface area contributed by atoms with Gasteiger partial charge in [-0.25, -0.2) is 4.98 Å². The number of fused-ring (bicyclic) bond motifs is 1. The fourth-order valence-electron chi connectivity index (χ4n) is 5.26. The first kappa shape index (κ1) is 25.4. The van der Waals surface area contributed by atoms with Gasteiger partial charge in [0.2, 0.25) is 5.88 Å². The van der Waals surface area contributed by atoms with Crippen molar-refractivity contribution in [2.75, 3.05) is 32.1 Å². The topological polar surface area (TPSA) is 56.6 Å². The maximum atomic E-state index is 12.9. The van der Waals surface area contributed by atoms with Crippen molar-refractivity contribution in [2.45, 2.75) is 24.4 Å². The number of nitrogens with zero attached hydrogens (tertiary/aromatic N) is 2. The standard InChI is InChI=1S/C32H32N2O2S/c1-34(2)18-17-32(36,29-14-8-12-24-9-6-7-13-27(24)29)30(25-10-4-3-5-11-25)28-21-26(22-33-31(28)35)23-15-19-37-20-16-23/h3-7,9-13,15,21-22,30,36H,16-20H2,1-2H3,(H,33,35). The van der Waals surface area contributed by atoms with Crippen LogP contribution in [0.25, 0.3) is 17.2 Å². The first-order valence-corrected chi connectivity index (χ1v) is 13.8. The van der Waals surface area contributed by atoms with E-state index < -0.39 is 11.5 Å². The number of benzene rings is 2. The lowest BCUT2D eigenvalue weighted by Crippen LogP contribution is -2.41. The van der Waals surface area contributed by atoms with Crippen molar-refractivity contribution in [1.29, 1.82) is 0 Å². The molecule has 2 N–H and O–H groups in total. The highest BCUT2D eigenvalue weighted by Gasteiger charge is 2.45. The first-order valence-electron chi connectivity index (χ1n) is 12.7. The monoisotopic (exact) mass is 508 g/mol. The number of aliphatic hydroxyl groups is 1. The average molecular weight is 509 g/mol. The molecule has 0 spiro atoms. The van der Waals surface area contributed by atoms with E-state index >= 15 is 0 Å². The highest BCUT2D eigenvalue weighted by molar-refractivity contribution is 7.99. The Morgan fingerprint density at radius 2 is 1.89 bits per heavy atom. The molecule has 5 heteroatoms. The Labute approximate surface area is 223 Å². The molecule has 2 aromatic carbocycles. The molecule has 0 radical (unpaired) electrons. The van der Waals surface area contributed by atoms with Gasteiger partial charge in [-0.2, -0.15) is 11.8 Å². The van der Waals surface area contributed by atoms with Gasteiger partial charge in [0.25, 0.3) is 0 Å². The molecule has 37 heavy (non-hydrogen) atoms. The van der Waals surface area contributed by atoms with Crippen LogP contribution < -0.4 is 0 Å². The molecule has 0 fully saturated rings. The minimum Gasteiger partial charge on any atom is -0.493 e. The van der Waals surface area contributed by atoms with E-state index in [0.29, 0.717) is 24.1 Å².